The van der Waals surface area contributed by atoms with Gasteiger partial charge in [0.05, 0.1) is 13.7 Å². The van der Waals surface area contributed by atoms with Crippen LogP contribution < -0.4 is 10.5 Å². The molecule has 1 heterocycles. The van der Waals surface area contributed by atoms with Crippen molar-refractivity contribution in [3.8, 4) is 5.75 Å². The lowest BCUT2D eigenvalue weighted by molar-refractivity contribution is 0.196. The van der Waals surface area contributed by atoms with Crippen LogP contribution in [-0.2, 0) is 6.54 Å². The largest absolute Gasteiger partial charge is 0.497 e. The van der Waals surface area contributed by atoms with Gasteiger partial charge in [-0.15, -0.1) is 0 Å². The Labute approximate surface area is 120 Å². The minimum absolute atomic E-state index is 0.242. The van der Waals surface area contributed by atoms with Gasteiger partial charge in [-0.05, 0) is 37.2 Å². The molecule has 1 aliphatic heterocycles. The molecule has 0 bridgehead atoms. The summed E-state index contributed by atoms with van der Waals surface area (Å²) in [5.41, 5.74) is 7.84. The summed E-state index contributed by atoms with van der Waals surface area (Å²) in [5.74, 6) is 0.816. The number of rotatable bonds is 5. The predicted octanol–water partition coefficient (Wildman–Crippen LogP) is 0.777. The molecular formula is C15H25N3O2. The molecule has 5 heteroatoms. The van der Waals surface area contributed by atoms with E-state index in [4.69, 9.17) is 15.6 Å². The number of hydrogen-bond acceptors (Lipinski definition) is 5. The first-order chi connectivity index (χ1) is 9.71. The van der Waals surface area contributed by atoms with Gasteiger partial charge in [0.2, 0.25) is 0 Å². The molecule has 1 aromatic carbocycles. The Morgan fingerprint density at radius 2 is 1.90 bits per heavy atom. The summed E-state index contributed by atoms with van der Waals surface area (Å²) in [7, 11) is 1.66. The van der Waals surface area contributed by atoms with Crippen LogP contribution in [0.5, 0.6) is 5.75 Å². The predicted molar refractivity (Wildman–Crippen MR) is 80.8 cm³/mol. The SMILES string of the molecule is COc1cc(N)cc(CN2CCCN(CCO)CC2)c1. The minimum Gasteiger partial charge on any atom is -0.497 e. The van der Waals surface area contributed by atoms with Crippen molar-refractivity contribution in [3.63, 3.8) is 0 Å². The number of benzene rings is 1. The Morgan fingerprint density at radius 1 is 1.15 bits per heavy atom. The van der Waals surface area contributed by atoms with Crippen LogP contribution in [0.4, 0.5) is 5.69 Å². The van der Waals surface area contributed by atoms with Crippen LogP contribution in [0.25, 0.3) is 0 Å². The zero-order chi connectivity index (χ0) is 14.4. The number of nitrogen functional groups attached to an aromatic ring is 1. The number of nitrogens with zero attached hydrogens (tertiary/aromatic N) is 2. The van der Waals surface area contributed by atoms with E-state index in [1.165, 1.54) is 5.56 Å². The molecule has 0 spiro atoms. The fraction of sp³-hybridized carbons (Fsp3) is 0.600. The molecule has 1 aliphatic rings. The van der Waals surface area contributed by atoms with Gasteiger partial charge in [-0.2, -0.15) is 0 Å². The number of anilines is 1. The lowest BCUT2D eigenvalue weighted by Gasteiger charge is -2.21. The standard InChI is InChI=1S/C15H25N3O2/c1-20-15-10-13(9-14(16)11-15)12-18-4-2-3-17(5-6-18)7-8-19/h9-11,19H,2-8,12,16H2,1H3. The van der Waals surface area contributed by atoms with Crippen LogP contribution in [-0.4, -0.2) is 61.3 Å². The molecule has 3 N–H and O–H groups in total. The Hall–Kier alpha value is -1.30. The number of nitrogens with two attached hydrogens (primary N) is 1. The van der Waals surface area contributed by atoms with Gasteiger partial charge in [-0.25, -0.2) is 0 Å². The van der Waals surface area contributed by atoms with Crippen LogP contribution in [0.1, 0.15) is 12.0 Å². The average molecular weight is 279 g/mol. The molecule has 2 rings (SSSR count). The molecule has 1 aromatic rings. The van der Waals surface area contributed by atoms with Gasteiger partial charge < -0.3 is 15.6 Å². The molecule has 0 saturated carbocycles. The van der Waals surface area contributed by atoms with Gasteiger partial charge in [-0.1, -0.05) is 0 Å². The van der Waals surface area contributed by atoms with Gasteiger partial charge in [0.1, 0.15) is 5.75 Å². The highest BCUT2D eigenvalue weighted by atomic mass is 16.5. The van der Waals surface area contributed by atoms with Crippen LogP contribution in [0.3, 0.4) is 0 Å². The first kappa shape index (κ1) is 15.1. The van der Waals surface area contributed by atoms with Gasteiger partial charge in [0.15, 0.2) is 0 Å². The molecule has 0 radical (unpaired) electrons. The maximum Gasteiger partial charge on any atom is 0.121 e. The Kier molecular flexibility index (Phi) is 5.64. The van der Waals surface area contributed by atoms with Crippen LogP contribution in [0.15, 0.2) is 18.2 Å². The lowest BCUT2D eigenvalue weighted by atomic mass is 10.1. The summed E-state index contributed by atoms with van der Waals surface area (Å²) in [4.78, 5) is 4.76. The van der Waals surface area contributed by atoms with E-state index in [1.54, 1.807) is 7.11 Å². The molecule has 0 aromatic heterocycles. The highest BCUT2D eigenvalue weighted by Crippen LogP contribution is 2.20. The molecule has 1 saturated heterocycles. The highest BCUT2D eigenvalue weighted by Gasteiger charge is 2.14. The minimum atomic E-state index is 0.242. The van der Waals surface area contributed by atoms with Crippen molar-refractivity contribution < 1.29 is 9.84 Å². The third kappa shape index (κ3) is 4.37. The maximum absolute atomic E-state index is 9.02. The van der Waals surface area contributed by atoms with Crippen molar-refractivity contribution in [1.29, 1.82) is 0 Å². The van der Waals surface area contributed by atoms with Crippen molar-refractivity contribution in [3.05, 3.63) is 23.8 Å². The number of β-amino-alcohol motifs (C(OH)–C–C–N with tert-alkyl or cyclic N) is 1. The Bertz CT molecular complexity index is 426. The van der Waals surface area contributed by atoms with Crippen LogP contribution in [0, 0.1) is 0 Å². The van der Waals surface area contributed by atoms with Gasteiger partial charge in [0, 0.05) is 37.9 Å². The Morgan fingerprint density at radius 3 is 2.65 bits per heavy atom. The number of aliphatic hydroxyl groups excluding tert-OH is 1. The van der Waals surface area contributed by atoms with E-state index in [0.717, 1.165) is 57.1 Å². The zero-order valence-corrected chi connectivity index (χ0v) is 12.2. The van der Waals surface area contributed by atoms with E-state index in [9.17, 15) is 0 Å². The van der Waals surface area contributed by atoms with E-state index >= 15 is 0 Å². The van der Waals surface area contributed by atoms with E-state index in [2.05, 4.69) is 9.80 Å². The average Bonchev–Trinajstić information content (AvgIpc) is 2.64. The third-order valence-electron chi connectivity index (χ3n) is 3.73. The fourth-order valence-electron chi connectivity index (χ4n) is 2.70. The van der Waals surface area contributed by atoms with Crippen LogP contribution >= 0.6 is 0 Å². The van der Waals surface area contributed by atoms with Crippen molar-refractivity contribution in [2.75, 3.05) is 52.2 Å². The summed E-state index contributed by atoms with van der Waals surface area (Å²) < 4.78 is 5.26. The molecule has 1 fully saturated rings. The van der Waals surface area contributed by atoms with Crippen molar-refractivity contribution in [2.45, 2.75) is 13.0 Å². The number of ether oxygens (including phenoxy) is 1. The van der Waals surface area contributed by atoms with E-state index in [1.807, 2.05) is 18.2 Å². The van der Waals surface area contributed by atoms with Crippen molar-refractivity contribution in [1.82, 2.24) is 9.80 Å². The van der Waals surface area contributed by atoms with E-state index in [-0.39, 0.29) is 6.61 Å². The second-order valence-corrected chi connectivity index (χ2v) is 5.31. The fourth-order valence-corrected chi connectivity index (χ4v) is 2.70. The number of hydrogen-bond donors (Lipinski definition) is 2. The molecule has 0 atom stereocenters. The molecular weight excluding hydrogens is 254 g/mol. The van der Waals surface area contributed by atoms with Crippen LogP contribution in [0.2, 0.25) is 0 Å². The number of methoxy groups -OCH3 is 1. The normalized spacial score (nSPS) is 17.9. The summed E-state index contributed by atoms with van der Waals surface area (Å²) >= 11 is 0. The molecule has 112 valence electrons. The third-order valence-corrected chi connectivity index (χ3v) is 3.73. The van der Waals surface area contributed by atoms with E-state index in [0.29, 0.717) is 0 Å². The van der Waals surface area contributed by atoms with Gasteiger partial charge in [0.25, 0.3) is 0 Å². The summed E-state index contributed by atoms with van der Waals surface area (Å²) in [6.07, 6.45) is 1.14. The smallest absolute Gasteiger partial charge is 0.121 e. The van der Waals surface area contributed by atoms with Crippen molar-refractivity contribution in [2.24, 2.45) is 0 Å². The summed E-state index contributed by atoms with van der Waals surface area (Å²) in [6, 6.07) is 5.90. The Balaban J connectivity index is 1.94. The second kappa shape index (κ2) is 7.47. The molecule has 0 amide bonds. The quantitative estimate of drug-likeness (QED) is 0.780. The molecule has 20 heavy (non-hydrogen) atoms. The summed E-state index contributed by atoms with van der Waals surface area (Å²) in [5, 5.41) is 9.02. The van der Waals surface area contributed by atoms with E-state index < -0.39 is 0 Å². The molecule has 0 unspecified atom stereocenters. The first-order valence-electron chi connectivity index (χ1n) is 7.20. The van der Waals surface area contributed by atoms with Gasteiger partial charge in [-0.3, -0.25) is 9.80 Å². The first-order valence-corrected chi connectivity index (χ1v) is 7.20. The monoisotopic (exact) mass is 279 g/mol. The lowest BCUT2D eigenvalue weighted by Crippen LogP contribution is -2.32. The summed E-state index contributed by atoms with van der Waals surface area (Å²) in [6.45, 7) is 6.11. The van der Waals surface area contributed by atoms with Gasteiger partial charge >= 0.3 is 0 Å². The highest BCUT2D eigenvalue weighted by molar-refractivity contribution is 5.47. The maximum atomic E-state index is 9.02. The molecule has 5 nitrogen and oxygen atoms in total. The zero-order valence-electron chi connectivity index (χ0n) is 12.2. The topological polar surface area (TPSA) is 62.0 Å². The molecule has 0 aliphatic carbocycles. The number of aliphatic hydroxyl groups is 1. The second-order valence-electron chi connectivity index (χ2n) is 5.31. The van der Waals surface area contributed by atoms with Crippen molar-refractivity contribution >= 4 is 5.69 Å².